The number of aromatic nitrogens is 2. The molecule has 0 aliphatic carbocycles. The molecule has 0 spiro atoms. The van der Waals surface area contributed by atoms with E-state index in [1.165, 1.54) is 10.9 Å². The number of nitrogens with zero attached hydrogens (tertiary/aromatic N) is 3. The Labute approximate surface area is 116 Å². The lowest BCUT2D eigenvalue weighted by Crippen LogP contribution is -2.16. The van der Waals surface area contributed by atoms with Crippen LogP contribution in [0.1, 0.15) is 13.8 Å². The molecule has 9 heteroatoms. The summed E-state index contributed by atoms with van der Waals surface area (Å²) < 4.78 is 25.6. The van der Waals surface area contributed by atoms with Crippen LogP contribution in [0, 0.1) is 0 Å². The molecule has 0 bridgehead atoms. The van der Waals surface area contributed by atoms with E-state index in [9.17, 15) is 8.42 Å². The van der Waals surface area contributed by atoms with Crippen molar-refractivity contribution >= 4 is 33.0 Å². The molecule has 1 rings (SSSR count). The van der Waals surface area contributed by atoms with E-state index in [1.807, 2.05) is 0 Å². The van der Waals surface area contributed by atoms with Crippen LogP contribution in [0.25, 0.3) is 0 Å². The molecule has 0 saturated carbocycles. The van der Waals surface area contributed by atoms with Gasteiger partial charge in [0.15, 0.2) is 0 Å². The van der Waals surface area contributed by atoms with Crippen molar-refractivity contribution < 1.29 is 8.42 Å². The molecule has 0 radical (unpaired) electrons. The number of hydrogen-bond acceptors (Lipinski definition) is 5. The van der Waals surface area contributed by atoms with Gasteiger partial charge in [-0.2, -0.15) is 5.10 Å². The van der Waals surface area contributed by atoms with Gasteiger partial charge in [-0.3, -0.25) is 4.68 Å². The minimum absolute atomic E-state index is 0.0387. The quantitative estimate of drug-likeness (QED) is 0.625. The minimum Gasteiger partial charge on any atom is -0.403 e. The van der Waals surface area contributed by atoms with Gasteiger partial charge in [-0.25, -0.2) is 13.4 Å². The molecule has 1 heterocycles. The van der Waals surface area contributed by atoms with E-state index in [0.717, 1.165) is 6.20 Å². The van der Waals surface area contributed by atoms with Crippen molar-refractivity contribution in [1.29, 1.82) is 0 Å². The summed E-state index contributed by atoms with van der Waals surface area (Å²) in [5.41, 5.74) is 10.9. The van der Waals surface area contributed by atoms with Gasteiger partial charge in [-0.1, -0.05) is 11.6 Å². The smallest absolute Gasteiger partial charge is 0.203 e. The fourth-order valence-corrected chi connectivity index (χ4v) is 2.35. The Hall–Kier alpha value is -1.54. The summed E-state index contributed by atoms with van der Waals surface area (Å²) in [6.45, 7) is 3.13. The molecule has 19 heavy (non-hydrogen) atoms. The first-order valence-corrected chi connectivity index (χ1v) is 7.32. The highest BCUT2D eigenvalue weighted by atomic mass is 35.5. The second-order valence-corrected chi connectivity index (χ2v) is 6.93. The molecular formula is C10H16ClN5O2S. The molecule has 0 saturated heterocycles. The molecule has 7 nitrogen and oxygen atoms in total. The van der Waals surface area contributed by atoms with Crippen molar-refractivity contribution in [2.75, 3.05) is 0 Å². The van der Waals surface area contributed by atoms with Crippen LogP contribution in [-0.4, -0.2) is 29.3 Å². The molecule has 0 atom stereocenters. The highest BCUT2D eigenvalue weighted by Crippen LogP contribution is 2.26. The van der Waals surface area contributed by atoms with E-state index in [1.54, 1.807) is 20.9 Å². The standard InChI is InChI=1S/C10H16ClN5O2S/c1-6(2)19(17,18)10-8(5-16(3)15-10)14-9(13)7(11)4-12/h4-6H,12H2,1-3H3,(H2,13,14)/b7-4+. The second kappa shape index (κ2) is 5.62. The van der Waals surface area contributed by atoms with E-state index in [4.69, 9.17) is 23.1 Å². The molecular weight excluding hydrogens is 290 g/mol. The van der Waals surface area contributed by atoms with Crippen LogP contribution in [0.2, 0.25) is 0 Å². The third-order valence-electron chi connectivity index (χ3n) is 2.30. The average Bonchev–Trinajstić information content (AvgIpc) is 2.69. The Kier molecular flexibility index (Phi) is 4.59. The molecule has 0 amide bonds. The van der Waals surface area contributed by atoms with Crippen molar-refractivity contribution in [2.24, 2.45) is 23.5 Å². The number of hydrogen-bond donors (Lipinski definition) is 2. The fourth-order valence-electron chi connectivity index (χ4n) is 1.23. The highest BCUT2D eigenvalue weighted by molar-refractivity contribution is 7.92. The summed E-state index contributed by atoms with van der Waals surface area (Å²) in [6, 6.07) is 0. The van der Waals surface area contributed by atoms with Crippen LogP contribution in [-0.2, 0) is 16.9 Å². The topological polar surface area (TPSA) is 116 Å². The van der Waals surface area contributed by atoms with Crippen LogP contribution in [0.3, 0.4) is 0 Å². The van der Waals surface area contributed by atoms with E-state index >= 15 is 0 Å². The van der Waals surface area contributed by atoms with Gasteiger partial charge >= 0.3 is 0 Å². The number of amidine groups is 1. The second-order valence-electron chi connectivity index (χ2n) is 4.10. The van der Waals surface area contributed by atoms with E-state index < -0.39 is 15.1 Å². The first-order valence-electron chi connectivity index (χ1n) is 5.39. The molecule has 1 aromatic rings. The molecule has 0 aliphatic heterocycles. The molecule has 4 N–H and O–H groups in total. The van der Waals surface area contributed by atoms with Gasteiger partial charge in [0.1, 0.15) is 11.5 Å². The molecule has 0 aliphatic rings. The monoisotopic (exact) mass is 305 g/mol. The van der Waals surface area contributed by atoms with Crippen LogP contribution < -0.4 is 11.5 Å². The van der Waals surface area contributed by atoms with Crippen LogP contribution in [0.4, 0.5) is 5.69 Å². The third kappa shape index (κ3) is 3.27. The van der Waals surface area contributed by atoms with E-state index in [-0.39, 0.29) is 21.6 Å². The Morgan fingerprint density at radius 2 is 2.16 bits per heavy atom. The van der Waals surface area contributed by atoms with Gasteiger partial charge in [0.25, 0.3) is 0 Å². The Balaban J connectivity index is 3.41. The SMILES string of the molecule is CC(C)S(=O)(=O)c1nn(C)cc1N=C(N)/C(Cl)=C\N. The lowest BCUT2D eigenvalue weighted by Gasteiger charge is -2.05. The van der Waals surface area contributed by atoms with Gasteiger partial charge in [0.2, 0.25) is 14.9 Å². The van der Waals surface area contributed by atoms with E-state index in [2.05, 4.69) is 10.1 Å². The number of sulfone groups is 1. The van der Waals surface area contributed by atoms with Crippen molar-refractivity contribution in [3.63, 3.8) is 0 Å². The average molecular weight is 306 g/mol. The summed E-state index contributed by atoms with van der Waals surface area (Å²) in [6.07, 6.45) is 2.52. The third-order valence-corrected chi connectivity index (χ3v) is 4.69. The van der Waals surface area contributed by atoms with Gasteiger partial charge in [0, 0.05) is 13.2 Å². The molecule has 0 aromatic carbocycles. The van der Waals surface area contributed by atoms with Crippen molar-refractivity contribution in [3.05, 3.63) is 17.4 Å². The lowest BCUT2D eigenvalue weighted by atomic mass is 10.5. The zero-order valence-corrected chi connectivity index (χ0v) is 12.4. The Morgan fingerprint density at radius 1 is 1.58 bits per heavy atom. The fraction of sp³-hybridized carbons (Fsp3) is 0.400. The molecule has 106 valence electrons. The summed E-state index contributed by atoms with van der Waals surface area (Å²) in [4.78, 5) is 3.95. The van der Waals surface area contributed by atoms with Crippen LogP contribution >= 0.6 is 11.6 Å². The number of aliphatic imine (C=N–C) groups is 1. The van der Waals surface area contributed by atoms with E-state index in [0.29, 0.717) is 0 Å². The minimum atomic E-state index is -3.55. The lowest BCUT2D eigenvalue weighted by molar-refractivity contribution is 0.579. The van der Waals surface area contributed by atoms with Gasteiger partial charge in [-0.15, -0.1) is 0 Å². The highest BCUT2D eigenvalue weighted by Gasteiger charge is 2.26. The maximum absolute atomic E-state index is 12.1. The van der Waals surface area contributed by atoms with Gasteiger partial charge in [0.05, 0.1) is 16.5 Å². The summed E-state index contributed by atoms with van der Waals surface area (Å²) >= 11 is 5.71. The zero-order chi connectivity index (χ0) is 14.8. The van der Waals surface area contributed by atoms with Crippen molar-refractivity contribution in [2.45, 2.75) is 24.1 Å². The predicted octanol–water partition coefficient (Wildman–Crippen LogP) is 0.630. The molecule has 0 fully saturated rings. The molecule has 1 aromatic heterocycles. The summed E-state index contributed by atoms with van der Waals surface area (Å²) in [7, 11) is -1.96. The predicted molar refractivity (Wildman–Crippen MR) is 74.9 cm³/mol. The van der Waals surface area contributed by atoms with Gasteiger partial charge in [-0.05, 0) is 13.8 Å². The van der Waals surface area contributed by atoms with Crippen LogP contribution in [0.5, 0.6) is 0 Å². The van der Waals surface area contributed by atoms with Crippen LogP contribution in [0.15, 0.2) is 27.4 Å². The van der Waals surface area contributed by atoms with Crippen molar-refractivity contribution in [3.8, 4) is 0 Å². The number of nitrogens with two attached hydrogens (primary N) is 2. The normalized spacial score (nSPS) is 14.2. The summed E-state index contributed by atoms with van der Waals surface area (Å²) in [5, 5.41) is 3.21. The summed E-state index contributed by atoms with van der Waals surface area (Å²) in [5.74, 6) is -0.0719. The largest absolute Gasteiger partial charge is 0.403 e. The number of halogens is 1. The Morgan fingerprint density at radius 3 is 2.63 bits per heavy atom. The number of aryl methyl sites for hydroxylation is 1. The van der Waals surface area contributed by atoms with Gasteiger partial charge < -0.3 is 11.5 Å². The molecule has 0 unspecified atom stereocenters. The Bertz CT molecular complexity index is 630. The zero-order valence-electron chi connectivity index (χ0n) is 10.8. The first kappa shape index (κ1) is 15.5. The maximum Gasteiger partial charge on any atom is 0.203 e. The van der Waals surface area contributed by atoms with Crippen molar-refractivity contribution in [1.82, 2.24) is 9.78 Å². The maximum atomic E-state index is 12.1. The number of rotatable bonds is 4. The first-order chi connectivity index (χ1) is 8.70.